The number of carbonyl (C=O) groups is 2. The third kappa shape index (κ3) is 2.85. The van der Waals surface area contributed by atoms with Gasteiger partial charge in [-0.1, -0.05) is 11.6 Å². The molecule has 0 saturated heterocycles. The zero-order chi connectivity index (χ0) is 14.0. The van der Waals surface area contributed by atoms with E-state index in [1.54, 1.807) is 37.4 Å². The quantitative estimate of drug-likeness (QED) is 0.840. The topological polar surface area (TPSA) is 76.0 Å². The fraction of sp³-hybridized carbons (Fsp3) is 0.143. The van der Waals surface area contributed by atoms with Crippen LogP contribution in [0.3, 0.4) is 0 Å². The van der Waals surface area contributed by atoms with Crippen LogP contribution >= 0.6 is 11.6 Å². The van der Waals surface area contributed by atoms with Crippen LogP contribution in [0.1, 0.15) is 27.2 Å². The number of primary amides is 1. The average molecular weight is 277 g/mol. The Bertz CT molecular complexity index is 629. The Labute approximate surface area is 115 Å². The minimum Gasteiger partial charge on any atom is -0.369 e. The largest absolute Gasteiger partial charge is 0.369 e. The molecular weight excluding hydrogens is 264 g/mol. The van der Waals surface area contributed by atoms with Gasteiger partial charge in [0.15, 0.2) is 0 Å². The highest BCUT2D eigenvalue weighted by Gasteiger charge is 2.16. The molecular formula is C14H13ClN2O2. The number of H-pyrrole nitrogens is 1. The van der Waals surface area contributed by atoms with Gasteiger partial charge in [-0.2, -0.15) is 0 Å². The van der Waals surface area contributed by atoms with Crippen molar-refractivity contribution in [3.8, 4) is 0 Å². The van der Waals surface area contributed by atoms with Crippen molar-refractivity contribution in [2.24, 2.45) is 5.73 Å². The molecule has 0 radical (unpaired) electrons. The number of aromatic nitrogens is 1. The van der Waals surface area contributed by atoms with Crippen LogP contribution in [-0.2, 0) is 11.2 Å². The summed E-state index contributed by atoms with van der Waals surface area (Å²) < 4.78 is 0. The minimum absolute atomic E-state index is 0.121. The van der Waals surface area contributed by atoms with Crippen molar-refractivity contribution in [2.75, 3.05) is 0 Å². The third-order valence-electron chi connectivity index (χ3n) is 2.95. The summed E-state index contributed by atoms with van der Waals surface area (Å²) in [6.45, 7) is 1.79. The molecule has 0 fully saturated rings. The number of rotatable bonds is 4. The van der Waals surface area contributed by atoms with Crippen molar-refractivity contribution < 1.29 is 9.59 Å². The predicted molar refractivity (Wildman–Crippen MR) is 73.3 cm³/mol. The van der Waals surface area contributed by atoms with Crippen molar-refractivity contribution >= 4 is 23.3 Å². The number of halogens is 1. The number of hydrogen-bond acceptors (Lipinski definition) is 2. The van der Waals surface area contributed by atoms with Crippen LogP contribution in [-0.4, -0.2) is 16.7 Å². The Balaban J connectivity index is 2.32. The van der Waals surface area contributed by atoms with Gasteiger partial charge in [0, 0.05) is 16.8 Å². The molecule has 3 N–H and O–H groups in total. The van der Waals surface area contributed by atoms with E-state index in [9.17, 15) is 9.59 Å². The molecule has 0 bridgehead atoms. The van der Waals surface area contributed by atoms with Crippen LogP contribution in [0.2, 0.25) is 5.02 Å². The van der Waals surface area contributed by atoms with Crippen LogP contribution in [0.5, 0.6) is 0 Å². The summed E-state index contributed by atoms with van der Waals surface area (Å²) in [4.78, 5) is 26.1. The molecule has 19 heavy (non-hydrogen) atoms. The highest BCUT2D eigenvalue weighted by molar-refractivity contribution is 6.30. The van der Waals surface area contributed by atoms with E-state index < -0.39 is 5.91 Å². The smallest absolute Gasteiger partial charge is 0.221 e. The maximum Gasteiger partial charge on any atom is 0.221 e. The number of nitrogens with one attached hydrogen (secondary N) is 1. The molecule has 5 heteroatoms. The predicted octanol–water partition coefficient (Wildman–Crippen LogP) is 2.24. The fourth-order valence-corrected chi connectivity index (χ4v) is 2.02. The molecule has 0 atom stereocenters. The Hall–Kier alpha value is -2.07. The van der Waals surface area contributed by atoms with Gasteiger partial charge in [-0.05, 0) is 42.3 Å². The zero-order valence-electron chi connectivity index (χ0n) is 10.4. The molecule has 98 valence electrons. The summed E-state index contributed by atoms with van der Waals surface area (Å²) in [5, 5.41) is 0.578. The molecule has 2 rings (SSSR count). The number of aromatic amines is 1. The van der Waals surface area contributed by atoms with Gasteiger partial charge in [0.2, 0.25) is 11.7 Å². The number of benzene rings is 1. The summed E-state index contributed by atoms with van der Waals surface area (Å²) in [6.07, 6.45) is 1.76. The maximum absolute atomic E-state index is 12.3. The molecule has 4 nitrogen and oxygen atoms in total. The Kier molecular flexibility index (Phi) is 3.71. The van der Waals surface area contributed by atoms with E-state index in [0.29, 0.717) is 16.3 Å². The van der Waals surface area contributed by atoms with Crippen LogP contribution in [0, 0.1) is 6.92 Å². The SMILES string of the molecule is Cc1c(CC(N)=O)c[nH]c1C(=O)c1ccc(Cl)cc1. The van der Waals surface area contributed by atoms with E-state index in [1.165, 1.54) is 0 Å². The van der Waals surface area contributed by atoms with Crippen LogP contribution in [0.15, 0.2) is 30.5 Å². The Morgan fingerprint density at radius 2 is 1.89 bits per heavy atom. The molecule has 0 spiro atoms. The number of hydrogen-bond donors (Lipinski definition) is 2. The van der Waals surface area contributed by atoms with Crippen molar-refractivity contribution in [1.82, 2.24) is 4.98 Å². The first-order chi connectivity index (χ1) is 8.99. The van der Waals surface area contributed by atoms with Crippen LogP contribution in [0.25, 0.3) is 0 Å². The van der Waals surface area contributed by atoms with Gasteiger partial charge in [0.05, 0.1) is 12.1 Å². The second kappa shape index (κ2) is 5.28. The van der Waals surface area contributed by atoms with Crippen molar-refractivity contribution in [1.29, 1.82) is 0 Å². The molecule has 0 aliphatic heterocycles. The van der Waals surface area contributed by atoms with E-state index >= 15 is 0 Å². The maximum atomic E-state index is 12.3. The molecule has 1 heterocycles. The van der Waals surface area contributed by atoms with Crippen LogP contribution in [0.4, 0.5) is 0 Å². The van der Waals surface area contributed by atoms with E-state index in [0.717, 1.165) is 11.1 Å². The molecule has 0 aliphatic rings. The second-order valence-corrected chi connectivity index (χ2v) is 4.73. The lowest BCUT2D eigenvalue weighted by Crippen LogP contribution is -2.14. The minimum atomic E-state index is -0.424. The molecule has 1 aromatic carbocycles. The van der Waals surface area contributed by atoms with Crippen LogP contribution < -0.4 is 5.73 Å². The van der Waals surface area contributed by atoms with E-state index in [4.69, 9.17) is 17.3 Å². The highest BCUT2D eigenvalue weighted by atomic mass is 35.5. The summed E-state index contributed by atoms with van der Waals surface area (Å²) in [5.74, 6) is -0.558. The highest BCUT2D eigenvalue weighted by Crippen LogP contribution is 2.18. The number of ketones is 1. The number of nitrogens with two attached hydrogens (primary N) is 1. The van der Waals surface area contributed by atoms with Gasteiger partial charge in [-0.3, -0.25) is 9.59 Å². The van der Waals surface area contributed by atoms with E-state index in [1.807, 2.05) is 0 Å². The van der Waals surface area contributed by atoms with E-state index in [2.05, 4.69) is 4.98 Å². The summed E-state index contributed by atoms with van der Waals surface area (Å²) >= 11 is 5.78. The second-order valence-electron chi connectivity index (χ2n) is 4.29. The Morgan fingerprint density at radius 1 is 1.26 bits per heavy atom. The van der Waals surface area contributed by atoms with Crippen molar-refractivity contribution in [3.05, 3.63) is 57.9 Å². The first kappa shape index (κ1) is 13.4. The normalized spacial score (nSPS) is 10.4. The zero-order valence-corrected chi connectivity index (χ0v) is 11.1. The lowest BCUT2D eigenvalue weighted by molar-refractivity contribution is -0.117. The monoisotopic (exact) mass is 276 g/mol. The molecule has 0 aliphatic carbocycles. The van der Waals surface area contributed by atoms with Gasteiger partial charge in [0.1, 0.15) is 0 Å². The average Bonchev–Trinajstić information content (AvgIpc) is 2.70. The first-order valence-corrected chi connectivity index (χ1v) is 6.12. The summed E-state index contributed by atoms with van der Waals surface area (Å²) in [5.41, 5.74) is 7.66. The van der Waals surface area contributed by atoms with Gasteiger partial charge in [-0.15, -0.1) is 0 Å². The molecule has 2 aromatic rings. The summed E-state index contributed by atoms with van der Waals surface area (Å²) in [6, 6.07) is 6.66. The molecule has 1 aromatic heterocycles. The van der Waals surface area contributed by atoms with Gasteiger partial charge in [-0.25, -0.2) is 0 Å². The lowest BCUT2D eigenvalue weighted by Gasteiger charge is -2.02. The fourth-order valence-electron chi connectivity index (χ4n) is 1.89. The molecule has 0 saturated carbocycles. The summed E-state index contributed by atoms with van der Waals surface area (Å²) in [7, 11) is 0. The van der Waals surface area contributed by atoms with Crippen molar-refractivity contribution in [2.45, 2.75) is 13.3 Å². The molecule has 1 amide bonds. The van der Waals surface area contributed by atoms with Crippen molar-refractivity contribution in [3.63, 3.8) is 0 Å². The van der Waals surface area contributed by atoms with Gasteiger partial charge >= 0.3 is 0 Å². The van der Waals surface area contributed by atoms with E-state index in [-0.39, 0.29) is 12.2 Å². The number of carbonyl (C=O) groups excluding carboxylic acids is 2. The Morgan fingerprint density at radius 3 is 2.47 bits per heavy atom. The lowest BCUT2D eigenvalue weighted by atomic mass is 10.0. The number of amides is 1. The van der Waals surface area contributed by atoms with Gasteiger partial charge < -0.3 is 10.7 Å². The first-order valence-electron chi connectivity index (χ1n) is 5.74. The third-order valence-corrected chi connectivity index (χ3v) is 3.20. The van der Waals surface area contributed by atoms with Gasteiger partial charge in [0.25, 0.3) is 0 Å². The standard InChI is InChI=1S/C14H13ClN2O2/c1-8-10(6-12(16)18)7-17-13(8)14(19)9-2-4-11(15)5-3-9/h2-5,7,17H,6H2,1H3,(H2,16,18). The molecule has 0 unspecified atom stereocenters.